The lowest BCUT2D eigenvalue weighted by Gasteiger charge is -2.33. The number of nitrogens with zero attached hydrogens (tertiary/aromatic N) is 2. The lowest BCUT2D eigenvalue weighted by atomic mass is 10.0. The second-order valence-electron chi connectivity index (χ2n) is 6.34. The molecule has 1 aliphatic rings. The van der Waals surface area contributed by atoms with Crippen molar-refractivity contribution in [3.8, 4) is 0 Å². The van der Waals surface area contributed by atoms with Crippen molar-refractivity contribution >= 4 is 17.3 Å². The molecule has 0 saturated carbocycles. The van der Waals surface area contributed by atoms with Crippen LogP contribution in [0.5, 0.6) is 0 Å². The molecule has 0 bridgehead atoms. The normalized spacial score (nSPS) is 22.7. The number of hydrogen-bond donors (Lipinski definition) is 1. The Balaban J connectivity index is 2.18. The molecule has 116 valence electrons. The molecule has 0 radical (unpaired) electrons. The summed E-state index contributed by atoms with van der Waals surface area (Å²) in [5.74, 6) is 0.765. The van der Waals surface area contributed by atoms with E-state index in [4.69, 9.17) is 12.2 Å². The molecule has 2 rings (SSSR count). The third-order valence-electron chi connectivity index (χ3n) is 4.30. The van der Waals surface area contributed by atoms with E-state index in [1.165, 1.54) is 18.5 Å². The van der Waals surface area contributed by atoms with Gasteiger partial charge in [-0.05, 0) is 56.5 Å². The number of nitrogens with one attached hydrogen (secondary N) is 1. The van der Waals surface area contributed by atoms with Gasteiger partial charge in [0, 0.05) is 32.0 Å². The SMILES string of the molecule is C=C(C)CNC(=S)N1CC[C@@H](C)CC[C@@H]1c1cccn1C. The van der Waals surface area contributed by atoms with Crippen LogP contribution in [0, 0.1) is 5.92 Å². The van der Waals surface area contributed by atoms with E-state index in [0.29, 0.717) is 6.04 Å². The maximum atomic E-state index is 5.65. The molecule has 1 aliphatic heterocycles. The van der Waals surface area contributed by atoms with Gasteiger partial charge in [0.15, 0.2) is 5.11 Å². The first-order valence-corrected chi connectivity index (χ1v) is 8.20. The van der Waals surface area contributed by atoms with Crippen LogP contribution in [0.25, 0.3) is 0 Å². The Morgan fingerprint density at radius 3 is 2.81 bits per heavy atom. The zero-order valence-corrected chi connectivity index (χ0v) is 14.2. The van der Waals surface area contributed by atoms with Gasteiger partial charge in [0.05, 0.1) is 6.04 Å². The summed E-state index contributed by atoms with van der Waals surface area (Å²) in [6.45, 7) is 10.1. The summed E-state index contributed by atoms with van der Waals surface area (Å²) in [5.41, 5.74) is 2.46. The van der Waals surface area contributed by atoms with Crippen molar-refractivity contribution in [1.29, 1.82) is 0 Å². The minimum atomic E-state index is 0.375. The first-order chi connectivity index (χ1) is 9.99. The molecular formula is C17H27N3S. The van der Waals surface area contributed by atoms with Crippen LogP contribution in [-0.2, 0) is 7.05 Å². The fourth-order valence-corrected chi connectivity index (χ4v) is 3.25. The van der Waals surface area contributed by atoms with Crippen LogP contribution in [-0.4, -0.2) is 27.7 Å². The Morgan fingerprint density at radius 2 is 2.19 bits per heavy atom. The van der Waals surface area contributed by atoms with Crippen LogP contribution in [0.1, 0.15) is 44.8 Å². The summed E-state index contributed by atoms with van der Waals surface area (Å²) >= 11 is 5.65. The smallest absolute Gasteiger partial charge is 0.169 e. The van der Waals surface area contributed by atoms with Crippen LogP contribution in [0.4, 0.5) is 0 Å². The molecule has 2 atom stereocenters. The van der Waals surface area contributed by atoms with Crippen molar-refractivity contribution in [2.75, 3.05) is 13.1 Å². The molecule has 1 aromatic rings. The fourth-order valence-electron chi connectivity index (χ4n) is 2.96. The maximum Gasteiger partial charge on any atom is 0.169 e. The Morgan fingerprint density at radius 1 is 1.43 bits per heavy atom. The van der Waals surface area contributed by atoms with Gasteiger partial charge in [-0.2, -0.15) is 0 Å². The average Bonchev–Trinajstić information content (AvgIpc) is 2.75. The first-order valence-electron chi connectivity index (χ1n) is 7.79. The Hall–Kier alpha value is -1.29. The molecule has 1 saturated heterocycles. The molecule has 1 aromatic heterocycles. The van der Waals surface area contributed by atoms with Gasteiger partial charge in [0.1, 0.15) is 0 Å². The second kappa shape index (κ2) is 7.12. The summed E-state index contributed by atoms with van der Waals surface area (Å²) in [6, 6.07) is 4.71. The summed E-state index contributed by atoms with van der Waals surface area (Å²) in [5, 5.41) is 4.21. The molecular weight excluding hydrogens is 278 g/mol. The van der Waals surface area contributed by atoms with Gasteiger partial charge >= 0.3 is 0 Å². The number of aryl methyl sites for hydroxylation is 1. The topological polar surface area (TPSA) is 20.2 Å². The van der Waals surface area contributed by atoms with E-state index in [0.717, 1.165) is 36.1 Å². The highest BCUT2D eigenvalue weighted by molar-refractivity contribution is 7.80. The van der Waals surface area contributed by atoms with Crippen LogP contribution in [0.2, 0.25) is 0 Å². The maximum absolute atomic E-state index is 5.65. The molecule has 0 spiro atoms. The predicted octanol–water partition coefficient (Wildman–Crippen LogP) is 3.64. The van der Waals surface area contributed by atoms with Crippen molar-refractivity contribution in [2.24, 2.45) is 13.0 Å². The number of rotatable bonds is 3. The van der Waals surface area contributed by atoms with Gasteiger partial charge in [-0.25, -0.2) is 0 Å². The molecule has 2 heterocycles. The van der Waals surface area contributed by atoms with E-state index >= 15 is 0 Å². The van der Waals surface area contributed by atoms with Gasteiger partial charge < -0.3 is 14.8 Å². The summed E-state index contributed by atoms with van der Waals surface area (Å²) in [6.07, 6.45) is 5.74. The third kappa shape index (κ3) is 4.10. The summed E-state index contributed by atoms with van der Waals surface area (Å²) < 4.78 is 2.22. The first kappa shape index (κ1) is 16.1. The number of thiocarbonyl (C=S) groups is 1. The average molecular weight is 305 g/mol. The fraction of sp³-hybridized carbons (Fsp3) is 0.588. The molecule has 0 amide bonds. The monoisotopic (exact) mass is 305 g/mol. The Bertz CT molecular complexity index is 506. The van der Waals surface area contributed by atoms with Crippen molar-refractivity contribution in [1.82, 2.24) is 14.8 Å². The van der Waals surface area contributed by atoms with Crippen LogP contribution >= 0.6 is 12.2 Å². The van der Waals surface area contributed by atoms with Crippen LogP contribution in [0.15, 0.2) is 30.5 Å². The van der Waals surface area contributed by atoms with E-state index < -0.39 is 0 Å². The third-order valence-corrected chi connectivity index (χ3v) is 4.68. The van der Waals surface area contributed by atoms with Crippen LogP contribution in [0.3, 0.4) is 0 Å². The van der Waals surface area contributed by atoms with Gasteiger partial charge in [-0.3, -0.25) is 0 Å². The molecule has 0 aromatic carbocycles. The van der Waals surface area contributed by atoms with E-state index in [1.807, 2.05) is 6.92 Å². The predicted molar refractivity (Wildman–Crippen MR) is 93.3 cm³/mol. The van der Waals surface area contributed by atoms with Gasteiger partial charge in [0.2, 0.25) is 0 Å². The molecule has 1 N–H and O–H groups in total. The van der Waals surface area contributed by atoms with E-state index in [9.17, 15) is 0 Å². The molecule has 21 heavy (non-hydrogen) atoms. The van der Waals surface area contributed by atoms with E-state index in [2.05, 4.69) is 53.7 Å². The zero-order chi connectivity index (χ0) is 15.4. The number of likely N-dealkylation sites (tertiary alicyclic amines) is 1. The molecule has 4 heteroatoms. The van der Waals surface area contributed by atoms with Crippen molar-refractivity contribution < 1.29 is 0 Å². The molecule has 0 unspecified atom stereocenters. The van der Waals surface area contributed by atoms with E-state index in [-0.39, 0.29) is 0 Å². The Labute approximate surface area is 134 Å². The molecule has 1 fully saturated rings. The van der Waals surface area contributed by atoms with Gasteiger partial charge in [-0.15, -0.1) is 0 Å². The minimum Gasteiger partial charge on any atom is -0.359 e. The standard InChI is InChI=1S/C17H27N3S/c1-13(2)12-18-17(21)20-11-9-14(3)7-8-16(20)15-6-5-10-19(15)4/h5-6,10,14,16H,1,7-9,11-12H2,2-4H3,(H,18,21)/t14-,16+/m0/s1. The van der Waals surface area contributed by atoms with Crippen molar-refractivity contribution in [3.05, 3.63) is 36.2 Å². The Kier molecular flexibility index (Phi) is 5.45. The lowest BCUT2D eigenvalue weighted by Crippen LogP contribution is -2.43. The van der Waals surface area contributed by atoms with Crippen molar-refractivity contribution in [3.63, 3.8) is 0 Å². The van der Waals surface area contributed by atoms with Crippen molar-refractivity contribution in [2.45, 2.75) is 39.2 Å². The number of hydrogen-bond acceptors (Lipinski definition) is 1. The second-order valence-corrected chi connectivity index (χ2v) is 6.73. The van der Waals surface area contributed by atoms with E-state index in [1.54, 1.807) is 0 Å². The molecule has 0 aliphatic carbocycles. The summed E-state index contributed by atoms with van der Waals surface area (Å²) in [7, 11) is 2.12. The number of aromatic nitrogens is 1. The highest BCUT2D eigenvalue weighted by atomic mass is 32.1. The lowest BCUT2D eigenvalue weighted by molar-refractivity contribution is 0.306. The largest absolute Gasteiger partial charge is 0.359 e. The van der Waals surface area contributed by atoms with Crippen LogP contribution < -0.4 is 5.32 Å². The quantitative estimate of drug-likeness (QED) is 0.680. The zero-order valence-electron chi connectivity index (χ0n) is 13.4. The minimum absolute atomic E-state index is 0.375. The van der Waals surface area contributed by atoms with Gasteiger partial charge in [-0.1, -0.05) is 19.1 Å². The van der Waals surface area contributed by atoms with Gasteiger partial charge in [0.25, 0.3) is 0 Å². The highest BCUT2D eigenvalue weighted by Crippen LogP contribution is 2.32. The molecule has 3 nitrogen and oxygen atoms in total. The summed E-state index contributed by atoms with van der Waals surface area (Å²) in [4.78, 5) is 2.37. The highest BCUT2D eigenvalue weighted by Gasteiger charge is 2.28.